The highest BCUT2D eigenvalue weighted by Crippen LogP contribution is 2.29. The number of hydrogen-bond donors (Lipinski definition) is 2. The zero-order valence-corrected chi connectivity index (χ0v) is 12.8. The largest absolute Gasteiger partial charge is 0.491 e. The van der Waals surface area contributed by atoms with Crippen molar-refractivity contribution >= 4 is 11.4 Å². The van der Waals surface area contributed by atoms with Gasteiger partial charge in [-0.05, 0) is 31.4 Å². The molecule has 4 heteroatoms. The summed E-state index contributed by atoms with van der Waals surface area (Å²) in [5, 5.41) is 3.34. The Bertz CT molecular complexity index is 369. The van der Waals surface area contributed by atoms with Crippen LogP contribution in [-0.2, 0) is 4.74 Å². The topological polar surface area (TPSA) is 56.5 Å². The van der Waals surface area contributed by atoms with Crippen molar-refractivity contribution in [1.29, 1.82) is 0 Å². The lowest BCUT2D eigenvalue weighted by Gasteiger charge is -2.13. The van der Waals surface area contributed by atoms with E-state index in [1.165, 1.54) is 6.42 Å². The molecule has 0 fully saturated rings. The van der Waals surface area contributed by atoms with Crippen LogP contribution in [0.5, 0.6) is 5.75 Å². The second-order valence-electron chi connectivity index (χ2n) is 4.81. The number of benzene rings is 1. The van der Waals surface area contributed by atoms with Crippen molar-refractivity contribution in [2.75, 3.05) is 37.4 Å². The molecule has 0 saturated carbocycles. The minimum Gasteiger partial charge on any atom is -0.491 e. The first kappa shape index (κ1) is 16.6. The van der Waals surface area contributed by atoms with E-state index in [9.17, 15) is 0 Å². The van der Waals surface area contributed by atoms with Crippen LogP contribution in [0, 0.1) is 0 Å². The number of hydrogen-bond acceptors (Lipinski definition) is 4. The molecular weight excluding hydrogens is 252 g/mol. The molecule has 0 saturated heterocycles. The van der Waals surface area contributed by atoms with E-state index in [0.29, 0.717) is 12.3 Å². The number of nitrogens with two attached hydrogens (primary N) is 1. The zero-order valence-electron chi connectivity index (χ0n) is 12.8. The molecule has 1 aromatic carbocycles. The highest BCUT2D eigenvalue weighted by atomic mass is 16.5. The standard InChI is InChI=1S/C16H28N2O2/c1-3-5-12-19-13-7-10-18-14-8-6-9-15(16(14)17)20-11-4-2/h6,8-9,18H,3-5,7,10-13,17H2,1-2H3. The molecule has 0 atom stereocenters. The highest BCUT2D eigenvalue weighted by molar-refractivity contribution is 5.72. The number of unbranched alkanes of at least 4 members (excludes halogenated alkanes) is 1. The van der Waals surface area contributed by atoms with Crippen LogP contribution in [0.1, 0.15) is 39.5 Å². The summed E-state index contributed by atoms with van der Waals surface area (Å²) >= 11 is 0. The fourth-order valence-electron chi connectivity index (χ4n) is 1.78. The van der Waals surface area contributed by atoms with Crippen LogP contribution in [0.15, 0.2) is 18.2 Å². The predicted octanol–water partition coefficient (Wildman–Crippen LogP) is 3.68. The van der Waals surface area contributed by atoms with Crippen LogP contribution in [0.2, 0.25) is 0 Å². The van der Waals surface area contributed by atoms with Gasteiger partial charge in [0.2, 0.25) is 0 Å². The van der Waals surface area contributed by atoms with Gasteiger partial charge < -0.3 is 20.5 Å². The Morgan fingerprint density at radius 3 is 2.60 bits per heavy atom. The van der Waals surface area contributed by atoms with Gasteiger partial charge in [0.15, 0.2) is 0 Å². The quantitative estimate of drug-likeness (QED) is 0.479. The Morgan fingerprint density at radius 2 is 1.85 bits per heavy atom. The molecule has 0 aliphatic carbocycles. The Balaban J connectivity index is 2.29. The van der Waals surface area contributed by atoms with Gasteiger partial charge in [-0.1, -0.05) is 26.3 Å². The highest BCUT2D eigenvalue weighted by Gasteiger charge is 2.05. The van der Waals surface area contributed by atoms with Gasteiger partial charge in [-0.3, -0.25) is 0 Å². The summed E-state index contributed by atoms with van der Waals surface area (Å²) in [6, 6.07) is 5.84. The Kier molecular flexibility index (Phi) is 8.63. The van der Waals surface area contributed by atoms with E-state index in [-0.39, 0.29) is 0 Å². The third kappa shape index (κ3) is 6.15. The van der Waals surface area contributed by atoms with Crippen molar-refractivity contribution in [3.63, 3.8) is 0 Å². The monoisotopic (exact) mass is 280 g/mol. The number of anilines is 2. The van der Waals surface area contributed by atoms with E-state index in [2.05, 4.69) is 19.2 Å². The van der Waals surface area contributed by atoms with Crippen LogP contribution >= 0.6 is 0 Å². The Hall–Kier alpha value is -1.42. The third-order valence-corrected chi connectivity index (χ3v) is 2.95. The van der Waals surface area contributed by atoms with E-state index in [0.717, 1.165) is 50.5 Å². The van der Waals surface area contributed by atoms with E-state index in [1.807, 2.05) is 18.2 Å². The van der Waals surface area contributed by atoms with E-state index < -0.39 is 0 Å². The Morgan fingerprint density at radius 1 is 1.05 bits per heavy atom. The van der Waals surface area contributed by atoms with Crippen LogP contribution in [0.25, 0.3) is 0 Å². The van der Waals surface area contributed by atoms with Crippen LogP contribution in [0.3, 0.4) is 0 Å². The van der Waals surface area contributed by atoms with Gasteiger partial charge in [-0.15, -0.1) is 0 Å². The molecule has 0 amide bonds. The molecule has 0 aliphatic heterocycles. The van der Waals surface area contributed by atoms with Crippen LogP contribution in [-0.4, -0.2) is 26.4 Å². The molecule has 1 rings (SSSR count). The predicted molar refractivity (Wildman–Crippen MR) is 85.5 cm³/mol. The van der Waals surface area contributed by atoms with Crippen molar-refractivity contribution < 1.29 is 9.47 Å². The maximum atomic E-state index is 6.09. The fourth-order valence-corrected chi connectivity index (χ4v) is 1.78. The summed E-state index contributed by atoms with van der Waals surface area (Å²) in [5.41, 5.74) is 7.71. The molecule has 0 bridgehead atoms. The van der Waals surface area contributed by atoms with Gasteiger partial charge in [0, 0.05) is 19.8 Å². The van der Waals surface area contributed by atoms with Gasteiger partial charge in [-0.2, -0.15) is 0 Å². The van der Waals surface area contributed by atoms with Crippen molar-refractivity contribution in [1.82, 2.24) is 0 Å². The van der Waals surface area contributed by atoms with Gasteiger partial charge in [0.1, 0.15) is 5.75 Å². The van der Waals surface area contributed by atoms with Gasteiger partial charge in [0.25, 0.3) is 0 Å². The Labute approximate surface area is 122 Å². The normalized spacial score (nSPS) is 10.5. The molecule has 3 N–H and O–H groups in total. The minimum absolute atomic E-state index is 0.688. The molecule has 0 unspecified atom stereocenters. The molecule has 20 heavy (non-hydrogen) atoms. The summed E-state index contributed by atoms with van der Waals surface area (Å²) in [7, 11) is 0. The number of nitrogens with one attached hydrogen (secondary N) is 1. The number of para-hydroxylation sites is 1. The van der Waals surface area contributed by atoms with Crippen LogP contribution in [0.4, 0.5) is 11.4 Å². The smallest absolute Gasteiger partial charge is 0.144 e. The molecule has 4 nitrogen and oxygen atoms in total. The maximum Gasteiger partial charge on any atom is 0.144 e. The van der Waals surface area contributed by atoms with Gasteiger partial charge >= 0.3 is 0 Å². The SMILES string of the molecule is CCCCOCCCNc1cccc(OCCC)c1N. The van der Waals surface area contributed by atoms with Gasteiger partial charge in [0.05, 0.1) is 18.0 Å². The summed E-state index contributed by atoms with van der Waals surface area (Å²) in [4.78, 5) is 0. The van der Waals surface area contributed by atoms with Crippen molar-refractivity contribution in [3.8, 4) is 5.75 Å². The lowest BCUT2D eigenvalue weighted by atomic mass is 10.2. The van der Waals surface area contributed by atoms with Gasteiger partial charge in [-0.25, -0.2) is 0 Å². The van der Waals surface area contributed by atoms with E-state index >= 15 is 0 Å². The van der Waals surface area contributed by atoms with E-state index in [4.69, 9.17) is 15.2 Å². The first-order valence-corrected chi connectivity index (χ1v) is 7.62. The number of ether oxygens (including phenoxy) is 2. The number of rotatable bonds is 11. The summed E-state index contributed by atoms with van der Waals surface area (Å²) in [6.45, 7) is 7.45. The first-order valence-electron chi connectivity index (χ1n) is 7.62. The molecule has 0 radical (unpaired) electrons. The molecule has 1 aromatic rings. The lowest BCUT2D eigenvalue weighted by Crippen LogP contribution is -2.09. The second-order valence-corrected chi connectivity index (χ2v) is 4.81. The molecule has 0 heterocycles. The van der Waals surface area contributed by atoms with Crippen molar-refractivity contribution in [2.24, 2.45) is 0 Å². The third-order valence-electron chi connectivity index (χ3n) is 2.95. The molecule has 114 valence electrons. The first-order chi connectivity index (χ1) is 9.79. The average molecular weight is 280 g/mol. The van der Waals surface area contributed by atoms with E-state index in [1.54, 1.807) is 0 Å². The molecule has 0 spiro atoms. The number of nitrogen functional groups attached to an aromatic ring is 1. The molecule has 0 aromatic heterocycles. The second kappa shape index (κ2) is 10.4. The molecule has 0 aliphatic rings. The van der Waals surface area contributed by atoms with Crippen molar-refractivity contribution in [3.05, 3.63) is 18.2 Å². The minimum atomic E-state index is 0.688. The summed E-state index contributed by atoms with van der Waals surface area (Å²) < 4.78 is 11.1. The maximum absolute atomic E-state index is 6.09. The van der Waals surface area contributed by atoms with Crippen LogP contribution < -0.4 is 15.8 Å². The average Bonchev–Trinajstić information content (AvgIpc) is 2.46. The lowest BCUT2D eigenvalue weighted by molar-refractivity contribution is 0.131. The van der Waals surface area contributed by atoms with Crippen molar-refractivity contribution in [2.45, 2.75) is 39.5 Å². The zero-order chi connectivity index (χ0) is 14.6. The molecular formula is C16H28N2O2. The summed E-state index contributed by atoms with van der Waals surface area (Å²) in [6.07, 6.45) is 4.27. The summed E-state index contributed by atoms with van der Waals surface area (Å²) in [5.74, 6) is 0.760. The fraction of sp³-hybridized carbons (Fsp3) is 0.625.